The van der Waals surface area contributed by atoms with Crippen LogP contribution in [-0.4, -0.2) is 16.6 Å². The van der Waals surface area contributed by atoms with E-state index in [-0.39, 0.29) is 0 Å². The first-order valence-corrected chi connectivity index (χ1v) is 7.83. The molecular formula is C18H11ClN4O2. The summed E-state index contributed by atoms with van der Waals surface area (Å²) in [5.74, 6) is 0.391. The third kappa shape index (κ3) is 2.17. The summed E-state index contributed by atoms with van der Waals surface area (Å²) in [6, 6.07) is 12.4. The highest BCUT2D eigenvalue weighted by Crippen LogP contribution is 2.35. The quantitative estimate of drug-likeness (QED) is 0.596. The molecule has 25 heavy (non-hydrogen) atoms. The molecule has 4 aromatic rings. The molecule has 0 fully saturated rings. The van der Waals surface area contributed by atoms with E-state index < -0.39 is 5.69 Å². The SMILES string of the molecule is CNc1nc(=O)n(-c2ccccc2C#N)c2cc(Cl)c3ccoc3c12. The zero-order valence-electron chi connectivity index (χ0n) is 13.1. The van der Waals surface area contributed by atoms with Gasteiger partial charge in [-0.1, -0.05) is 23.7 Å². The lowest BCUT2D eigenvalue weighted by atomic mass is 10.1. The van der Waals surface area contributed by atoms with Crippen molar-refractivity contribution in [3.8, 4) is 11.8 Å². The predicted molar refractivity (Wildman–Crippen MR) is 96.4 cm³/mol. The fourth-order valence-corrected chi connectivity index (χ4v) is 3.22. The first-order valence-electron chi connectivity index (χ1n) is 7.45. The number of benzene rings is 2. The van der Waals surface area contributed by atoms with Crippen LogP contribution in [0, 0.1) is 11.3 Å². The third-order valence-corrected chi connectivity index (χ3v) is 4.36. The van der Waals surface area contributed by atoms with Gasteiger partial charge in [-0.05, 0) is 24.3 Å². The van der Waals surface area contributed by atoms with Crippen molar-refractivity contribution in [2.75, 3.05) is 12.4 Å². The molecule has 0 amide bonds. The maximum absolute atomic E-state index is 12.7. The van der Waals surface area contributed by atoms with Gasteiger partial charge in [0, 0.05) is 12.4 Å². The maximum Gasteiger partial charge on any atom is 0.354 e. The second-order valence-corrected chi connectivity index (χ2v) is 5.78. The molecule has 0 spiro atoms. The molecular weight excluding hydrogens is 340 g/mol. The molecule has 0 saturated heterocycles. The summed E-state index contributed by atoms with van der Waals surface area (Å²) in [5, 5.41) is 14.1. The van der Waals surface area contributed by atoms with Crippen molar-refractivity contribution in [3.63, 3.8) is 0 Å². The Morgan fingerprint density at radius 3 is 2.88 bits per heavy atom. The number of para-hydroxylation sites is 1. The number of nitrogens with one attached hydrogen (secondary N) is 1. The molecule has 122 valence electrons. The second-order valence-electron chi connectivity index (χ2n) is 5.37. The average Bonchev–Trinajstić information content (AvgIpc) is 3.11. The van der Waals surface area contributed by atoms with Gasteiger partial charge in [0.1, 0.15) is 17.5 Å². The van der Waals surface area contributed by atoms with Crippen molar-refractivity contribution in [2.45, 2.75) is 0 Å². The molecule has 0 aliphatic heterocycles. The van der Waals surface area contributed by atoms with Crippen molar-refractivity contribution in [1.29, 1.82) is 5.26 Å². The smallest absolute Gasteiger partial charge is 0.354 e. The molecule has 6 nitrogen and oxygen atoms in total. The molecule has 0 saturated carbocycles. The largest absolute Gasteiger partial charge is 0.463 e. The van der Waals surface area contributed by atoms with Gasteiger partial charge in [0.05, 0.1) is 33.4 Å². The molecule has 0 unspecified atom stereocenters. The number of hydrogen-bond donors (Lipinski definition) is 1. The van der Waals surface area contributed by atoms with E-state index in [2.05, 4.69) is 16.4 Å². The van der Waals surface area contributed by atoms with Gasteiger partial charge in [-0.15, -0.1) is 0 Å². The van der Waals surface area contributed by atoms with Crippen molar-refractivity contribution in [1.82, 2.24) is 9.55 Å². The topological polar surface area (TPSA) is 83.9 Å². The zero-order valence-corrected chi connectivity index (χ0v) is 13.8. The van der Waals surface area contributed by atoms with E-state index in [0.717, 1.165) is 5.39 Å². The minimum absolute atomic E-state index is 0.362. The molecule has 0 aliphatic carbocycles. The van der Waals surface area contributed by atoms with E-state index in [1.165, 1.54) is 10.8 Å². The molecule has 1 N–H and O–H groups in total. The summed E-state index contributed by atoms with van der Waals surface area (Å²) in [5.41, 5.74) is 1.33. The molecule has 0 aliphatic rings. The molecule has 2 aromatic heterocycles. The fraction of sp³-hybridized carbons (Fsp3) is 0.0556. The van der Waals surface area contributed by atoms with Crippen LogP contribution >= 0.6 is 11.6 Å². The number of nitriles is 1. The van der Waals surface area contributed by atoms with Crippen molar-refractivity contribution in [3.05, 3.63) is 63.7 Å². The second kappa shape index (κ2) is 5.65. The van der Waals surface area contributed by atoms with E-state index in [1.807, 2.05) is 0 Å². The van der Waals surface area contributed by atoms with Crippen LogP contribution in [0.2, 0.25) is 5.02 Å². The number of aromatic nitrogens is 2. The van der Waals surface area contributed by atoms with Gasteiger partial charge in [0.25, 0.3) is 0 Å². The number of nitrogens with zero attached hydrogens (tertiary/aromatic N) is 3. The van der Waals surface area contributed by atoms with E-state index in [9.17, 15) is 10.1 Å². The monoisotopic (exact) mass is 350 g/mol. The molecule has 0 atom stereocenters. The number of rotatable bonds is 2. The summed E-state index contributed by atoms with van der Waals surface area (Å²) in [7, 11) is 1.68. The Kier molecular flexibility index (Phi) is 3.45. The highest BCUT2D eigenvalue weighted by atomic mass is 35.5. The Morgan fingerprint density at radius 2 is 2.12 bits per heavy atom. The molecule has 4 rings (SSSR count). The average molecular weight is 351 g/mol. The van der Waals surface area contributed by atoms with Gasteiger partial charge in [0.2, 0.25) is 0 Å². The Labute approximate surface area is 146 Å². The number of anilines is 1. The first-order chi connectivity index (χ1) is 12.2. The lowest BCUT2D eigenvalue weighted by molar-refractivity contribution is 0.619. The van der Waals surface area contributed by atoms with E-state index in [0.29, 0.717) is 38.6 Å². The number of furan rings is 1. The molecule has 2 aromatic carbocycles. The normalized spacial score (nSPS) is 10.9. The van der Waals surface area contributed by atoms with E-state index in [4.69, 9.17) is 16.0 Å². The van der Waals surface area contributed by atoms with Gasteiger partial charge in [0.15, 0.2) is 0 Å². The number of halogens is 1. The molecule has 0 bridgehead atoms. The van der Waals surface area contributed by atoms with Gasteiger partial charge >= 0.3 is 5.69 Å². The van der Waals surface area contributed by atoms with Crippen molar-refractivity contribution in [2.24, 2.45) is 0 Å². The Balaban J connectivity index is 2.27. The van der Waals surface area contributed by atoms with E-state index in [1.54, 1.807) is 43.4 Å². The van der Waals surface area contributed by atoms with Gasteiger partial charge in [-0.3, -0.25) is 4.57 Å². The van der Waals surface area contributed by atoms with Crippen LogP contribution in [0.5, 0.6) is 0 Å². The lowest BCUT2D eigenvalue weighted by Gasteiger charge is -2.14. The van der Waals surface area contributed by atoms with Crippen molar-refractivity contribution >= 4 is 39.3 Å². The Hall–Kier alpha value is -3.30. The van der Waals surface area contributed by atoms with Gasteiger partial charge in [-0.2, -0.15) is 10.2 Å². The highest BCUT2D eigenvalue weighted by molar-refractivity contribution is 6.37. The van der Waals surface area contributed by atoms with E-state index >= 15 is 0 Å². The fourth-order valence-electron chi connectivity index (χ4n) is 2.96. The summed E-state index contributed by atoms with van der Waals surface area (Å²) < 4.78 is 6.97. The predicted octanol–water partition coefficient (Wildman–Crippen LogP) is 3.70. The van der Waals surface area contributed by atoms with Crippen LogP contribution in [0.3, 0.4) is 0 Å². The van der Waals surface area contributed by atoms with Crippen LogP contribution in [0.15, 0.2) is 51.9 Å². The molecule has 7 heteroatoms. The van der Waals surface area contributed by atoms with Gasteiger partial charge < -0.3 is 9.73 Å². The molecule has 2 heterocycles. The standard InChI is InChI=1S/C18H11ClN4O2/c1-21-17-15-14(8-12(19)11-6-7-25-16(11)15)23(18(24)22-17)13-5-3-2-4-10(13)9-20/h2-8H,1H3,(H,21,22,24). The number of hydrogen-bond acceptors (Lipinski definition) is 5. The van der Waals surface area contributed by atoms with Gasteiger partial charge in [-0.25, -0.2) is 4.79 Å². The summed E-state index contributed by atoms with van der Waals surface area (Å²) in [6.45, 7) is 0. The van der Waals surface area contributed by atoms with Crippen LogP contribution < -0.4 is 11.0 Å². The summed E-state index contributed by atoms with van der Waals surface area (Å²) in [4.78, 5) is 16.8. The van der Waals surface area contributed by atoms with Crippen LogP contribution in [0.25, 0.3) is 27.6 Å². The van der Waals surface area contributed by atoms with Crippen LogP contribution in [0.1, 0.15) is 5.56 Å². The zero-order chi connectivity index (χ0) is 17.6. The van der Waals surface area contributed by atoms with Crippen LogP contribution in [0.4, 0.5) is 5.82 Å². The lowest BCUT2D eigenvalue weighted by Crippen LogP contribution is -2.23. The highest BCUT2D eigenvalue weighted by Gasteiger charge is 2.19. The first kappa shape index (κ1) is 15.2. The van der Waals surface area contributed by atoms with Crippen LogP contribution in [-0.2, 0) is 0 Å². The summed E-state index contributed by atoms with van der Waals surface area (Å²) in [6.07, 6.45) is 1.54. The molecule has 0 radical (unpaired) electrons. The minimum Gasteiger partial charge on any atom is -0.463 e. The Morgan fingerprint density at radius 1 is 1.32 bits per heavy atom. The van der Waals surface area contributed by atoms with Crippen molar-refractivity contribution < 1.29 is 4.42 Å². The minimum atomic E-state index is -0.512. The Bertz CT molecular complexity index is 1230. The number of fused-ring (bicyclic) bond motifs is 3. The maximum atomic E-state index is 12.7. The third-order valence-electron chi connectivity index (χ3n) is 4.05. The summed E-state index contributed by atoms with van der Waals surface area (Å²) >= 11 is 6.38.